The van der Waals surface area contributed by atoms with Crippen molar-refractivity contribution in [3.05, 3.63) is 0 Å². The summed E-state index contributed by atoms with van der Waals surface area (Å²) >= 11 is 1.48. The van der Waals surface area contributed by atoms with Gasteiger partial charge in [-0.05, 0) is 112 Å². The van der Waals surface area contributed by atoms with Crippen molar-refractivity contribution >= 4 is 29.5 Å². The van der Waals surface area contributed by atoms with Crippen molar-refractivity contribution in [2.24, 2.45) is 0 Å². The van der Waals surface area contributed by atoms with Crippen molar-refractivity contribution in [1.29, 1.82) is 0 Å². The number of carbonyl (C=O) groups excluding carboxylic acids is 3. The Balaban J connectivity index is 3.66. The molecule has 0 unspecified atom stereocenters. The van der Waals surface area contributed by atoms with Gasteiger partial charge in [0.15, 0.2) is 0 Å². The number of esters is 1. The predicted octanol–water partition coefficient (Wildman–Crippen LogP) is 3.32. The Bertz CT molecular complexity index is 1550. The number of thioether (sulfide) groups is 1. The van der Waals surface area contributed by atoms with Crippen LogP contribution in [0, 0.1) is 71.0 Å². The first-order chi connectivity index (χ1) is 31.1. The number of unbranched alkanes of at least 4 members (excludes halogenated alkanes) is 10. The summed E-state index contributed by atoms with van der Waals surface area (Å²) < 4.78 is 5.28. The van der Waals surface area contributed by atoms with E-state index >= 15 is 0 Å². The second-order valence-electron chi connectivity index (χ2n) is 9.80. The molecule has 350 valence electrons. The number of Topliss-reactive ketones (excluding diaryl/α,β-unsaturated/α-hetero) is 1. The lowest BCUT2D eigenvalue weighted by atomic mass is 10.1. The van der Waals surface area contributed by atoms with Gasteiger partial charge in [0.2, 0.25) is 5.78 Å². The molecule has 0 bridgehead atoms. The monoisotopic (exact) mass is 932 g/mol. The first kappa shape index (κ1) is 58.3. The molecule has 0 aromatic heterocycles. The minimum atomic E-state index is -1.30. The summed E-state index contributed by atoms with van der Waals surface area (Å²) in [5.41, 5.74) is 0. The minimum Gasteiger partial charge on any atom is -0.466 e. The molecule has 63 heavy (non-hydrogen) atoms. The highest BCUT2D eigenvalue weighted by Crippen LogP contribution is 2.12. The van der Waals surface area contributed by atoms with Gasteiger partial charge in [-0.2, -0.15) is 11.8 Å². The average molecular weight is 933 g/mol. The fourth-order valence-electron chi connectivity index (χ4n) is 3.26. The van der Waals surface area contributed by atoms with Gasteiger partial charge in [-0.1, -0.05) is 71.1 Å². The normalized spacial score (nSPS) is 9.87. The van der Waals surface area contributed by atoms with Crippen molar-refractivity contribution in [3.8, 4) is 71.0 Å². The van der Waals surface area contributed by atoms with Crippen LogP contribution in [-0.2, 0) is 145 Å². The molecule has 0 heterocycles. The van der Waals surface area contributed by atoms with Gasteiger partial charge in [0.25, 0.3) is 0 Å². The summed E-state index contributed by atoms with van der Waals surface area (Å²) in [6.45, 7) is 2.68. The van der Waals surface area contributed by atoms with E-state index < -0.39 is 5.97 Å². The van der Waals surface area contributed by atoms with Crippen LogP contribution in [0.4, 0.5) is 0 Å². The molecule has 0 radical (unpaired) electrons. The van der Waals surface area contributed by atoms with Crippen molar-refractivity contribution in [2.75, 3.05) is 18.1 Å². The fourth-order valence-corrected chi connectivity index (χ4v) is 4.10. The van der Waals surface area contributed by atoms with Crippen molar-refractivity contribution in [1.82, 2.24) is 0 Å². The molecule has 0 saturated carbocycles. The van der Waals surface area contributed by atoms with Crippen molar-refractivity contribution < 1.29 is 150 Å². The molecule has 0 rings (SSSR count). The van der Waals surface area contributed by atoms with Gasteiger partial charge in [-0.25, -0.2) is 10.1 Å². The molecule has 0 amide bonds. The van der Waals surface area contributed by atoms with Crippen LogP contribution in [0.25, 0.3) is 0 Å². The molecular formula is C32H36O30S. The van der Waals surface area contributed by atoms with Gasteiger partial charge < -0.3 is 4.74 Å². The second kappa shape index (κ2) is 51.7. The molecule has 0 aromatic carbocycles. The smallest absolute Gasteiger partial charge is 0.421 e. The van der Waals surface area contributed by atoms with Crippen LogP contribution in [0.5, 0.6) is 0 Å². The fraction of sp³-hybridized carbons (Fsp3) is 0.531. The molecule has 1 N–H and O–H groups in total. The van der Waals surface area contributed by atoms with Gasteiger partial charge in [-0.15, -0.1) is 0 Å². The van der Waals surface area contributed by atoms with Crippen molar-refractivity contribution in [2.45, 2.75) is 90.4 Å². The number of hydrogen-bond acceptors (Lipinski definition) is 31. The Labute approximate surface area is 359 Å². The highest BCUT2D eigenvalue weighted by atomic mass is 32.2. The molecule has 0 aliphatic carbocycles. The zero-order chi connectivity index (χ0) is 45.6. The SMILES string of the molecule is CCCCCCCCCCCCCOC(=O)CCSCCC(=O)C#CC#CC#CC#CC#CC#CC(=O)OOOOOOOOOOOOOOOOOOOOOOOOOO. The van der Waals surface area contributed by atoms with Gasteiger partial charge in [-0.3, -0.25) is 14.5 Å². The van der Waals surface area contributed by atoms with E-state index in [1.165, 1.54) is 69.5 Å². The Morgan fingerprint density at radius 3 is 1.19 bits per heavy atom. The molecule has 0 aliphatic heterocycles. The van der Waals surface area contributed by atoms with Crippen LogP contribution in [0.2, 0.25) is 0 Å². The lowest BCUT2D eigenvalue weighted by molar-refractivity contribution is -0.901. The Hall–Kier alpha value is -4.68. The first-order valence-electron chi connectivity index (χ1n) is 17.2. The highest BCUT2D eigenvalue weighted by molar-refractivity contribution is 7.99. The molecule has 0 spiro atoms. The summed E-state index contributed by atoms with van der Waals surface area (Å²) in [6, 6.07) is 0. The predicted molar refractivity (Wildman–Crippen MR) is 180 cm³/mol. The maximum Gasteiger partial charge on any atom is 0.421 e. The van der Waals surface area contributed by atoms with E-state index in [0.29, 0.717) is 24.5 Å². The number of hydrogen-bond donors (Lipinski definition) is 1. The van der Waals surface area contributed by atoms with Gasteiger partial charge in [0.05, 0.1) is 13.0 Å². The van der Waals surface area contributed by atoms with Crippen LogP contribution in [0.15, 0.2) is 0 Å². The average Bonchev–Trinajstić information content (AvgIpc) is 3.28. The van der Waals surface area contributed by atoms with Crippen LogP contribution < -0.4 is 0 Å². The maximum atomic E-state index is 11.9. The standard InChI is InChI=1S/C32H36O30S/c1-2-3-4-5-6-7-10-13-16-19-22-27-37-31(34)26-29-63-28-25-30(33)23-20-17-14-11-8-9-12-15-18-21-24-32(35)38-40-42-44-46-48-50-52-54-56-58-60-62-61-59-57-55-53-51-49-47-45-43-41-39-36/h36H,2-7,10,13,16,19,22,25-29H2,1H3. The van der Waals surface area contributed by atoms with Crippen molar-refractivity contribution in [3.63, 3.8) is 0 Å². The zero-order valence-electron chi connectivity index (χ0n) is 32.5. The molecule has 0 fully saturated rings. The largest absolute Gasteiger partial charge is 0.466 e. The van der Waals surface area contributed by atoms with Gasteiger partial charge >= 0.3 is 11.9 Å². The number of ether oxygens (including phenoxy) is 1. The lowest BCUT2D eigenvalue weighted by Crippen LogP contribution is -2.07. The van der Waals surface area contributed by atoms with Crippen LogP contribution in [0.3, 0.4) is 0 Å². The van der Waals surface area contributed by atoms with Gasteiger partial charge in [0.1, 0.15) is 0 Å². The quantitative estimate of drug-likeness (QED) is 0.0229. The number of carbonyl (C=O) groups is 3. The van der Waals surface area contributed by atoms with E-state index in [9.17, 15) is 14.4 Å². The molecule has 0 aliphatic rings. The van der Waals surface area contributed by atoms with Crippen LogP contribution >= 0.6 is 11.8 Å². The minimum absolute atomic E-state index is 0.221. The molecule has 0 aromatic rings. The molecular weight excluding hydrogens is 896 g/mol. The first-order valence-corrected chi connectivity index (χ1v) is 18.4. The summed E-state index contributed by atoms with van der Waals surface area (Å²) in [6.07, 6.45) is 14.1. The Morgan fingerprint density at radius 2 is 0.762 bits per heavy atom. The second-order valence-corrected chi connectivity index (χ2v) is 11.0. The number of ketones is 1. The van der Waals surface area contributed by atoms with E-state index in [1.807, 2.05) is 5.92 Å². The summed E-state index contributed by atoms with van der Waals surface area (Å²) in [5, 5.41) is 91.7. The lowest BCUT2D eigenvalue weighted by Gasteiger charge is -2.05. The third kappa shape index (κ3) is 51.6. The van der Waals surface area contributed by atoms with Crippen LogP contribution in [-0.4, -0.2) is 41.1 Å². The highest BCUT2D eigenvalue weighted by Gasteiger charge is 2.05. The Kier molecular flexibility index (Phi) is 47.8. The molecule has 31 heteroatoms. The molecule has 0 atom stereocenters. The third-order valence-electron chi connectivity index (χ3n) is 5.62. The van der Waals surface area contributed by atoms with E-state index in [-0.39, 0.29) is 18.2 Å². The van der Waals surface area contributed by atoms with E-state index in [1.54, 1.807) is 0 Å². The topological polar surface area (TPSA) is 311 Å². The molecule has 0 saturated heterocycles. The maximum absolute atomic E-state index is 11.9. The van der Waals surface area contributed by atoms with E-state index in [2.05, 4.69) is 198 Å². The van der Waals surface area contributed by atoms with Crippen LogP contribution in [0.1, 0.15) is 90.4 Å². The van der Waals surface area contributed by atoms with E-state index in [0.717, 1.165) is 12.8 Å². The van der Waals surface area contributed by atoms with Gasteiger partial charge in [0, 0.05) is 104 Å². The third-order valence-corrected chi connectivity index (χ3v) is 6.60. The number of rotatable bonds is 42. The molecule has 30 nitrogen and oxygen atoms in total. The Morgan fingerprint density at radius 1 is 0.413 bits per heavy atom. The van der Waals surface area contributed by atoms with E-state index in [4.69, 9.17) is 9.99 Å². The zero-order valence-corrected chi connectivity index (χ0v) is 33.3. The summed E-state index contributed by atoms with van der Waals surface area (Å²) in [7, 11) is 0. The summed E-state index contributed by atoms with van der Waals surface area (Å²) in [4.78, 5) is 38.9. The summed E-state index contributed by atoms with van der Waals surface area (Å²) in [5.74, 6) is 26.7.